The molecule has 4 nitrogen and oxygen atoms in total. The maximum absolute atomic E-state index is 13.2. The van der Waals surface area contributed by atoms with E-state index in [2.05, 4.69) is 0 Å². The average molecular weight is 315 g/mol. The largest absolute Gasteiger partial charge is 0.304 e. The van der Waals surface area contributed by atoms with Crippen LogP contribution in [0.2, 0.25) is 0 Å². The highest BCUT2D eigenvalue weighted by atomic mass is 19.1. The molecule has 0 saturated heterocycles. The number of hydrogen-bond donors (Lipinski definition) is 0. The fourth-order valence-corrected chi connectivity index (χ4v) is 2.49. The van der Waals surface area contributed by atoms with Crippen LogP contribution < -0.4 is 4.90 Å². The summed E-state index contributed by atoms with van der Waals surface area (Å²) in [6.07, 6.45) is -0.0263. The van der Waals surface area contributed by atoms with Gasteiger partial charge < -0.3 is 4.90 Å². The van der Waals surface area contributed by atoms with Crippen molar-refractivity contribution in [1.29, 1.82) is 0 Å². The zero-order valence-electron chi connectivity index (χ0n) is 11.9. The lowest BCUT2D eigenvalue weighted by Gasteiger charge is -2.15. The number of halogens is 2. The molecular weight excluding hydrogens is 304 g/mol. The minimum Gasteiger partial charge on any atom is -0.304 e. The molecule has 2 aromatic carbocycles. The summed E-state index contributed by atoms with van der Waals surface area (Å²) < 4.78 is 26.0. The van der Waals surface area contributed by atoms with E-state index in [1.54, 1.807) is 0 Å². The van der Waals surface area contributed by atoms with Gasteiger partial charge in [0.15, 0.2) is 5.78 Å². The van der Waals surface area contributed by atoms with Crippen molar-refractivity contribution in [3.63, 3.8) is 0 Å². The van der Waals surface area contributed by atoms with Crippen LogP contribution in [0.5, 0.6) is 0 Å². The highest BCUT2D eigenvalue weighted by Gasteiger charge is 2.36. The molecule has 0 radical (unpaired) electrons. The van der Waals surface area contributed by atoms with Crippen molar-refractivity contribution >= 4 is 23.2 Å². The number of carbonyl (C=O) groups is 3. The van der Waals surface area contributed by atoms with Gasteiger partial charge in [-0.25, -0.2) is 8.78 Å². The lowest BCUT2D eigenvalue weighted by atomic mass is 10.1. The Bertz CT molecular complexity index is 815. The minimum absolute atomic E-state index is 0.000580. The van der Waals surface area contributed by atoms with Crippen LogP contribution in [0.1, 0.15) is 27.1 Å². The first kappa shape index (κ1) is 15.0. The monoisotopic (exact) mass is 315 g/mol. The second kappa shape index (κ2) is 5.72. The fourth-order valence-electron chi connectivity index (χ4n) is 2.49. The van der Waals surface area contributed by atoms with Crippen LogP contribution in [-0.4, -0.2) is 24.0 Å². The third kappa shape index (κ3) is 2.75. The summed E-state index contributed by atoms with van der Waals surface area (Å²) in [4.78, 5) is 37.0. The van der Waals surface area contributed by atoms with Crippen LogP contribution >= 0.6 is 0 Å². The van der Waals surface area contributed by atoms with E-state index in [1.165, 1.54) is 35.2 Å². The van der Waals surface area contributed by atoms with Crippen molar-refractivity contribution in [3.05, 3.63) is 65.2 Å². The van der Waals surface area contributed by atoms with E-state index < -0.39 is 23.3 Å². The van der Waals surface area contributed by atoms with E-state index in [0.29, 0.717) is 11.3 Å². The van der Waals surface area contributed by atoms with Crippen molar-refractivity contribution in [2.45, 2.75) is 6.42 Å². The van der Waals surface area contributed by atoms with Gasteiger partial charge in [-0.2, -0.15) is 0 Å². The smallest absolute Gasteiger partial charge is 0.299 e. The van der Waals surface area contributed by atoms with Crippen LogP contribution in [-0.2, 0) is 4.79 Å². The van der Waals surface area contributed by atoms with E-state index in [0.717, 1.165) is 12.1 Å². The van der Waals surface area contributed by atoms with Gasteiger partial charge in [-0.05, 0) is 42.5 Å². The third-order valence-corrected chi connectivity index (χ3v) is 3.66. The normalized spacial score (nSPS) is 13.4. The molecule has 3 rings (SSSR count). The summed E-state index contributed by atoms with van der Waals surface area (Å²) in [7, 11) is 0. The van der Waals surface area contributed by atoms with Gasteiger partial charge in [0.05, 0.1) is 11.3 Å². The van der Waals surface area contributed by atoms with Crippen molar-refractivity contribution in [2.75, 3.05) is 11.4 Å². The number of rotatable bonds is 4. The Morgan fingerprint density at radius 1 is 0.957 bits per heavy atom. The lowest BCUT2D eigenvalue weighted by Crippen LogP contribution is -2.31. The van der Waals surface area contributed by atoms with Crippen LogP contribution in [0.3, 0.4) is 0 Å². The number of anilines is 1. The first-order valence-electron chi connectivity index (χ1n) is 6.92. The lowest BCUT2D eigenvalue weighted by molar-refractivity contribution is -0.114. The number of benzene rings is 2. The summed E-state index contributed by atoms with van der Waals surface area (Å²) in [6, 6.07) is 8.58. The SMILES string of the molecule is O=C(CCN1C(=O)C(=O)c2cc(F)ccc21)c1ccc(F)cc1. The zero-order chi connectivity index (χ0) is 16.6. The van der Waals surface area contributed by atoms with Crippen molar-refractivity contribution in [2.24, 2.45) is 0 Å². The quantitative estimate of drug-likeness (QED) is 0.644. The zero-order valence-corrected chi connectivity index (χ0v) is 11.9. The molecule has 0 spiro atoms. The molecule has 0 aromatic heterocycles. The predicted molar refractivity (Wildman–Crippen MR) is 78.4 cm³/mol. The maximum Gasteiger partial charge on any atom is 0.299 e. The van der Waals surface area contributed by atoms with Crippen molar-refractivity contribution in [3.8, 4) is 0 Å². The number of Topliss-reactive ketones (excluding diaryl/α,β-unsaturated/α-hetero) is 2. The Kier molecular flexibility index (Phi) is 3.73. The number of fused-ring (bicyclic) bond motifs is 1. The van der Waals surface area contributed by atoms with E-state index in [4.69, 9.17) is 0 Å². The summed E-state index contributed by atoms with van der Waals surface area (Å²) in [5.74, 6) is -2.89. The summed E-state index contributed by atoms with van der Waals surface area (Å²) in [6.45, 7) is -0.000580. The van der Waals surface area contributed by atoms with Crippen LogP contribution in [0.4, 0.5) is 14.5 Å². The molecule has 0 aliphatic carbocycles. The van der Waals surface area contributed by atoms with Gasteiger partial charge in [-0.15, -0.1) is 0 Å². The number of amides is 1. The second-order valence-corrected chi connectivity index (χ2v) is 5.13. The molecule has 0 bridgehead atoms. The molecule has 23 heavy (non-hydrogen) atoms. The first-order chi connectivity index (χ1) is 11.0. The molecule has 1 aliphatic heterocycles. The van der Waals surface area contributed by atoms with Gasteiger partial charge in [-0.1, -0.05) is 0 Å². The van der Waals surface area contributed by atoms with Gasteiger partial charge >= 0.3 is 0 Å². The molecule has 6 heteroatoms. The Morgan fingerprint density at radius 3 is 2.30 bits per heavy atom. The molecule has 0 unspecified atom stereocenters. The highest BCUT2D eigenvalue weighted by molar-refractivity contribution is 6.52. The molecule has 2 aromatic rings. The number of ketones is 2. The van der Waals surface area contributed by atoms with Gasteiger partial charge in [-0.3, -0.25) is 14.4 Å². The van der Waals surface area contributed by atoms with Crippen LogP contribution in [0, 0.1) is 11.6 Å². The molecule has 0 atom stereocenters. The Balaban J connectivity index is 1.76. The molecule has 1 heterocycles. The molecular formula is C17H11F2NO3. The number of hydrogen-bond acceptors (Lipinski definition) is 3. The van der Waals surface area contributed by atoms with Gasteiger partial charge in [0.1, 0.15) is 11.6 Å². The Labute approximate surface area is 130 Å². The molecule has 116 valence electrons. The van der Waals surface area contributed by atoms with Gasteiger partial charge in [0, 0.05) is 18.5 Å². The van der Waals surface area contributed by atoms with E-state index in [1.807, 2.05) is 0 Å². The molecule has 0 saturated carbocycles. The molecule has 1 amide bonds. The second-order valence-electron chi connectivity index (χ2n) is 5.13. The molecule has 0 N–H and O–H groups in total. The topological polar surface area (TPSA) is 54.5 Å². The molecule has 0 fully saturated rings. The van der Waals surface area contributed by atoms with E-state index in [-0.39, 0.29) is 24.3 Å². The fraction of sp³-hybridized carbons (Fsp3) is 0.118. The number of nitrogens with zero attached hydrogens (tertiary/aromatic N) is 1. The third-order valence-electron chi connectivity index (χ3n) is 3.66. The van der Waals surface area contributed by atoms with Crippen LogP contribution in [0.25, 0.3) is 0 Å². The van der Waals surface area contributed by atoms with Gasteiger partial charge in [0.2, 0.25) is 0 Å². The standard InChI is InChI=1S/C17H11F2NO3/c18-11-3-1-10(2-4-11)15(21)7-8-20-14-6-5-12(19)9-13(14)16(22)17(20)23/h1-6,9H,7-8H2. The predicted octanol–water partition coefficient (Wildman–Crippen LogP) is 2.77. The minimum atomic E-state index is -0.784. The van der Waals surface area contributed by atoms with Crippen molar-refractivity contribution < 1.29 is 23.2 Å². The first-order valence-corrected chi connectivity index (χ1v) is 6.92. The van der Waals surface area contributed by atoms with E-state index >= 15 is 0 Å². The average Bonchev–Trinajstić information content (AvgIpc) is 2.77. The van der Waals surface area contributed by atoms with E-state index in [9.17, 15) is 23.2 Å². The van der Waals surface area contributed by atoms with Gasteiger partial charge in [0.25, 0.3) is 11.7 Å². The summed E-state index contributed by atoms with van der Waals surface area (Å²) in [5, 5.41) is 0. The highest BCUT2D eigenvalue weighted by Crippen LogP contribution is 2.29. The molecule has 1 aliphatic rings. The maximum atomic E-state index is 13.2. The van der Waals surface area contributed by atoms with Crippen molar-refractivity contribution in [1.82, 2.24) is 0 Å². The Hall–Kier alpha value is -2.89. The number of carbonyl (C=O) groups excluding carboxylic acids is 3. The van der Waals surface area contributed by atoms with Crippen LogP contribution in [0.15, 0.2) is 42.5 Å². The summed E-state index contributed by atoms with van der Waals surface area (Å²) in [5.41, 5.74) is 0.626. The Morgan fingerprint density at radius 2 is 1.61 bits per heavy atom. The summed E-state index contributed by atoms with van der Waals surface area (Å²) >= 11 is 0.